The molecule has 2 aliphatic carbocycles. The zero-order chi connectivity index (χ0) is 13.8. The Kier molecular flexibility index (Phi) is 5.00. The van der Waals surface area contributed by atoms with E-state index >= 15 is 0 Å². The Morgan fingerprint density at radius 1 is 1.05 bits per heavy atom. The lowest BCUT2D eigenvalue weighted by atomic mass is 9.80. The Morgan fingerprint density at radius 2 is 1.90 bits per heavy atom. The van der Waals surface area contributed by atoms with Crippen molar-refractivity contribution in [2.45, 2.75) is 81.9 Å². The van der Waals surface area contributed by atoms with Crippen molar-refractivity contribution in [2.24, 2.45) is 0 Å². The topological polar surface area (TPSA) is 24.5 Å². The van der Waals surface area contributed by atoms with Crippen molar-refractivity contribution in [1.29, 1.82) is 0 Å². The maximum atomic E-state index is 5.64. The molecule has 0 aromatic carbocycles. The predicted octanol–water partition coefficient (Wildman–Crippen LogP) is 2.94. The molecule has 2 unspecified atom stereocenters. The van der Waals surface area contributed by atoms with Crippen molar-refractivity contribution in [3.8, 4) is 0 Å². The van der Waals surface area contributed by atoms with E-state index in [1.807, 2.05) is 7.11 Å². The number of rotatable bonds is 2. The molecule has 1 spiro atoms. The van der Waals surface area contributed by atoms with Gasteiger partial charge >= 0.3 is 0 Å². The summed E-state index contributed by atoms with van der Waals surface area (Å²) in [5, 5.41) is 3.92. The summed E-state index contributed by atoms with van der Waals surface area (Å²) in [5.41, 5.74) is 0.439. The first-order chi connectivity index (χ1) is 9.81. The van der Waals surface area contributed by atoms with Gasteiger partial charge in [0, 0.05) is 25.2 Å². The van der Waals surface area contributed by atoms with E-state index in [4.69, 9.17) is 4.74 Å². The Morgan fingerprint density at radius 3 is 2.70 bits per heavy atom. The maximum Gasteiger partial charge on any atom is 0.0586 e. The van der Waals surface area contributed by atoms with Gasteiger partial charge in [-0.25, -0.2) is 0 Å². The van der Waals surface area contributed by atoms with Crippen LogP contribution in [0.2, 0.25) is 0 Å². The fraction of sp³-hybridized carbons (Fsp3) is 1.00. The molecule has 1 saturated heterocycles. The van der Waals surface area contributed by atoms with Gasteiger partial charge in [0.1, 0.15) is 0 Å². The Bertz CT molecular complexity index is 301. The molecule has 0 aromatic heterocycles. The third kappa shape index (κ3) is 3.37. The highest BCUT2D eigenvalue weighted by Crippen LogP contribution is 2.33. The normalized spacial score (nSPS) is 35.9. The number of ether oxygens (including phenoxy) is 1. The van der Waals surface area contributed by atoms with Crippen molar-refractivity contribution >= 4 is 0 Å². The standard InChI is InChI=1S/C17H32N2O/c1-20-16-8-5-7-15(13-16)19-12-6-11-18-17(14-19)9-3-2-4-10-17/h15-16,18H,2-14H2,1H3. The van der Waals surface area contributed by atoms with Gasteiger partial charge in [0.05, 0.1) is 6.10 Å². The molecule has 3 nitrogen and oxygen atoms in total. The minimum atomic E-state index is 0.439. The summed E-state index contributed by atoms with van der Waals surface area (Å²) in [4.78, 5) is 2.82. The average molecular weight is 280 g/mol. The second-order valence-corrected chi connectivity index (χ2v) is 7.27. The summed E-state index contributed by atoms with van der Waals surface area (Å²) in [7, 11) is 1.89. The number of methoxy groups -OCH3 is 1. The van der Waals surface area contributed by atoms with E-state index in [0.29, 0.717) is 11.6 Å². The van der Waals surface area contributed by atoms with E-state index in [-0.39, 0.29) is 0 Å². The van der Waals surface area contributed by atoms with E-state index in [0.717, 1.165) is 6.04 Å². The molecule has 20 heavy (non-hydrogen) atoms. The van der Waals surface area contributed by atoms with Crippen LogP contribution < -0.4 is 5.32 Å². The lowest BCUT2D eigenvalue weighted by Crippen LogP contribution is -2.55. The molecule has 0 aromatic rings. The first-order valence-corrected chi connectivity index (χ1v) is 8.83. The number of hydrogen-bond donors (Lipinski definition) is 1. The molecule has 116 valence electrons. The lowest BCUT2D eigenvalue weighted by Gasteiger charge is -2.44. The summed E-state index contributed by atoms with van der Waals surface area (Å²) in [6, 6.07) is 0.771. The van der Waals surface area contributed by atoms with Gasteiger partial charge < -0.3 is 10.1 Å². The highest BCUT2D eigenvalue weighted by atomic mass is 16.5. The molecular weight excluding hydrogens is 248 g/mol. The molecule has 3 fully saturated rings. The largest absolute Gasteiger partial charge is 0.381 e. The van der Waals surface area contributed by atoms with Crippen LogP contribution in [0, 0.1) is 0 Å². The number of hydrogen-bond acceptors (Lipinski definition) is 3. The fourth-order valence-electron chi connectivity index (χ4n) is 4.70. The molecule has 2 saturated carbocycles. The van der Waals surface area contributed by atoms with Crippen LogP contribution in [0.5, 0.6) is 0 Å². The quantitative estimate of drug-likeness (QED) is 0.841. The van der Waals surface area contributed by atoms with Crippen molar-refractivity contribution in [1.82, 2.24) is 10.2 Å². The van der Waals surface area contributed by atoms with Gasteiger partial charge in [-0.2, -0.15) is 0 Å². The molecule has 2 atom stereocenters. The van der Waals surface area contributed by atoms with Crippen LogP contribution in [0.1, 0.15) is 64.2 Å². The minimum Gasteiger partial charge on any atom is -0.381 e. The summed E-state index contributed by atoms with van der Waals surface area (Å²) in [6.45, 7) is 3.79. The number of nitrogens with one attached hydrogen (secondary N) is 1. The smallest absolute Gasteiger partial charge is 0.0586 e. The van der Waals surface area contributed by atoms with Crippen LogP contribution in [0.3, 0.4) is 0 Å². The van der Waals surface area contributed by atoms with Crippen LogP contribution in [0.25, 0.3) is 0 Å². The van der Waals surface area contributed by atoms with Crippen LogP contribution >= 0.6 is 0 Å². The van der Waals surface area contributed by atoms with Crippen LogP contribution in [0.15, 0.2) is 0 Å². The van der Waals surface area contributed by atoms with Crippen LogP contribution in [-0.2, 0) is 4.74 Å². The molecule has 0 bridgehead atoms. The molecule has 3 rings (SSSR count). The number of nitrogens with zero attached hydrogens (tertiary/aromatic N) is 1. The van der Waals surface area contributed by atoms with E-state index in [2.05, 4.69) is 10.2 Å². The second kappa shape index (κ2) is 6.76. The predicted molar refractivity (Wildman–Crippen MR) is 83.1 cm³/mol. The monoisotopic (exact) mass is 280 g/mol. The molecule has 0 radical (unpaired) electrons. The van der Waals surface area contributed by atoms with Gasteiger partial charge in [-0.15, -0.1) is 0 Å². The van der Waals surface area contributed by atoms with Crippen molar-refractivity contribution < 1.29 is 4.74 Å². The molecule has 0 amide bonds. The third-order valence-electron chi connectivity index (χ3n) is 5.89. The summed E-state index contributed by atoms with van der Waals surface area (Å²) in [5.74, 6) is 0. The molecular formula is C17H32N2O. The highest BCUT2D eigenvalue weighted by molar-refractivity contribution is 4.97. The zero-order valence-electron chi connectivity index (χ0n) is 13.2. The molecule has 1 N–H and O–H groups in total. The van der Waals surface area contributed by atoms with Gasteiger partial charge in [0.15, 0.2) is 0 Å². The third-order valence-corrected chi connectivity index (χ3v) is 5.89. The Balaban J connectivity index is 1.65. The van der Waals surface area contributed by atoms with E-state index in [9.17, 15) is 0 Å². The second-order valence-electron chi connectivity index (χ2n) is 7.27. The zero-order valence-corrected chi connectivity index (χ0v) is 13.2. The summed E-state index contributed by atoms with van der Waals surface area (Å²) < 4.78 is 5.64. The van der Waals surface area contributed by atoms with Crippen molar-refractivity contribution in [2.75, 3.05) is 26.7 Å². The molecule has 1 aliphatic heterocycles. The SMILES string of the molecule is COC1CCCC(N2CCCNC3(CCCCC3)C2)C1. The van der Waals surface area contributed by atoms with E-state index in [1.165, 1.54) is 83.8 Å². The molecule has 3 heteroatoms. The molecule has 1 heterocycles. The van der Waals surface area contributed by atoms with Crippen LogP contribution in [0.4, 0.5) is 0 Å². The minimum absolute atomic E-state index is 0.439. The van der Waals surface area contributed by atoms with Gasteiger partial charge in [-0.3, -0.25) is 4.90 Å². The Hall–Kier alpha value is -0.120. The van der Waals surface area contributed by atoms with Crippen molar-refractivity contribution in [3.63, 3.8) is 0 Å². The van der Waals surface area contributed by atoms with Gasteiger partial charge in [0.2, 0.25) is 0 Å². The summed E-state index contributed by atoms with van der Waals surface area (Å²) in [6.07, 6.45) is 14.2. The summed E-state index contributed by atoms with van der Waals surface area (Å²) >= 11 is 0. The maximum absolute atomic E-state index is 5.64. The first kappa shape index (κ1) is 14.8. The van der Waals surface area contributed by atoms with Gasteiger partial charge in [0.25, 0.3) is 0 Å². The van der Waals surface area contributed by atoms with Crippen LogP contribution in [-0.4, -0.2) is 49.3 Å². The van der Waals surface area contributed by atoms with E-state index < -0.39 is 0 Å². The highest BCUT2D eigenvalue weighted by Gasteiger charge is 2.37. The van der Waals surface area contributed by atoms with Crippen molar-refractivity contribution in [3.05, 3.63) is 0 Å². The van der Waals surface area contributed by atoms with Gasteiger partial charge in [-0.1, -0.05) is 19.3 Å². The molecule has 3 aliphatic rings. The first-order valence-electron chi connectivity index (χ1n) is 8.83. The fourth-order valence-corrected chi connectivity index (χ4v) is 4.70. The van der Waals surface area contributed by atoms with Gasteiger partial charge in [-0.05, 0) is 58.0 Å². The average Bonchev–Trinajstić information content (AvgIpc) is 2.71. The lowest BCUT2D eigenvalue weighted by molar-refractivity contribution is 0.0200. The van der Waals surface area contributed by atoms with E-state index in [1.54, 1.807) is 0 Å². The Labute approximate surface area is 124 Å².